The predicted octanol–water partition coefficient (Wildman–Crippen LogP) is 0.369. The van der Waals surface area contributed by atoms with Crippen LogP contribution in [0, 0.1) is 23.2 Å². The molecule has 0 bridgehead atoms. The van der Waals surface area contributed by atoms with Crippen molar-refractivity contribution >= 4 is 0 Å². The zero-order chi connectivity index (χ0) is 10.4. The van der Waals surface area contributed by atoms with E-state index in [1.165, 1.54) is 20.4 Å². The molecule has 14 heavy (non-hydrogen) atoms. The molecule has 5 nitrogen and oxygen atoms in total. The van der Waals surface area contributed by atoms with Gasteiger partial charge in [-0.2, -0.15) is 10.2 Å². The third-order valence-corrected chi connectivity index (χ3v) is 1.36. The summed E-state index contributed by atoms with van der Waals surface area (Å²) in [6, 6.07) is 1.89. The Labute approximate surface area is 81.3 Å². The van der Waals surface area contributed by atoms with Gasteiger partial charge in [-0.15, -0.1) is 0 Å². The SMILES string of the molecule is COc1ncc(C#CC#N)c(OC)n1. The Morgan fingerprint density at radius 3 is 2.71 bits per heavy atom. The van der Waals surface area contributed by atoms with Gasteiger partial charge in [-0.3, -0.25) is 0 Å². The molecule has 0 aromatic carbocycles. The predicted molar refractivity (Wildman–Crippen MR) is 47.6 cm³/mol. The third-order valence-electron chi connectivity index (χ3n) is 1.36. The number of aromatic nitrogens is 2. The van der Waals surface area contributed by atoms with Crippen molar-refractivity contribution in [2.75, 3.05) is 14.2 Å². The van der Waals surface area contributed by atoms with Crippen molar-refractivity contribution in [1.82, 2.24) is 9.97 Å². The van der Waals surface area contributed by atoms with Crippen LogP contribution in [0.4, 0.5) is 0 Å². The van der Waals surface area contributed by atoms with Crippen LogP contribution in [0.2, 0.25) is 0 Å². The molecule has 0 amide bonds. The van der Waals surface area contributed by atoms with Gasteiger partial charge >= 0.3 is 6.01 Å². The first-order valence-corrected chi connectivity index (χ1v) is 3.67. The van der Waals surface area contributed by atoms with Gasteiger partial charge in [0.15, 0.2) is 6.07 Å². The number of hydrogen-bond acceptors (Lipinski definition) is 5. The molecule has 0 atom stereocenters. The number of hydrogen-bond donors (Lipinski definition) is 0. The standard InChI is InChI=1S/C9H7N3O2/c1-13-8-7(4-3-5-10)6-11-9(12-8)14-2/h6H,1-2H3. The topological polar surface area (TPSA) is 68.0 Å². The Hall–Kier alpha value is -2.27. The first-order chi connectivity index (χ1) is 6.81. The normalized spacial score (nSPS) is 8.07. The minimum Gasteiger partial charge on any atom is -0.480 e. The molecule has 70 valence electrons. The number of nitriles is 1. The highest BCUT2D eigenvalue weighted by Crippen LogP contribution is 2.15. The van der Waals surface area contributed by atoms with Crippen molar-refractivity contribution in [3.8, 4) is 29.8 Å². The highest BCUT2D eigenvalue weighted by Gasteiger charge is 2.04. The molecule has 0 N–H and O–H groups in total. The van der Waals surface area contributed by atoms with Gasteiger partial charge in [-0.1, -0.05) is 0 Å². The van der Waals surface area contributed by atoms with Crippen LogP contribution >= 0.6 is 0 Å². The maximum atomic E-state index is 8.26. The van der Waals surface area contributed by atoms with E-state index in [0.717, 1.165) is 0 Å². The molecule has 1 aromatic rings. The summed E-state index contributed by atoms with van der Waals surface area (Å²) in [4.78, 5) is 7.73. The fourth-order valence-electron chi connectivity index (χ4n) is 0.786. The lowest BCUT2D eigenvalue weighted by molar-refractivity contribution is 0.351. The second-order valence-corrected chi connectivity index (χ2v) is 2.14. The van der Waals surface area contributed by atoms with E-state index in [1.807, 2.05) is 0 Å². The van der Waals surface area contributed by atoms with Crippen molar-refractivity contribution in [2.24, 2.45) is 0 Å². The largest absolute Gasteiger partial charge is 0.480 e. The van der Waals surface area contributed by atoms with Crippen LogP contribution in [0.1, 0.15) is 5.56 Å². The molecular weight excluding hydrogens is 182 g/mol. The third kappa shape index (κ3) is 2.11. The van der Waals surface area contributed by atoms with Gasteiger partial charge in [0.25, 0.3) is 0 Å². The molecule has 5 heteroatoms. The molecule has 0 aliphatic heterocycles. The zero-order valence-electron chi connectivity index (χ0n) is 7.74. The van der Waals surface area contributed by atoms with Crippen LogP contribution in [-0.4, -0.2) is 24.2 Å². The summed E-state index contributed by atoms with van der Waals surface area (Å²) in [6.45, 7) is 0. The van der Waals surface area contributed by atoms with Gasteiger partial charge in [0.2, 0.25) is 5.88 Å². The van der Waals surface area contributed by atoms with E-state index in [0.29, 0.717) is 11.4 Å². The van der Waals surface area contributed by atoms with E-state index in [2.05, 4.69) is 21.8 Å². The fourth-order valence-corrected chi connectivity index (χ4v) is 0.786. The molecule has 0 radical (unpaired) electrons. The van der Waals surface area contributed by atoms with Crippen LogP contribution in [0.15, 0.2) is 6.20 Å². The second-order valence-electron chi connectivity index (χ2n) is 2.14. The number of ether oxygens (including phenoxy) is 2. The van der Waals surface area contributed by atoms with E-state index < -0.39 is 0 Å². The van der Waals surface area contributed by atoms with Gasteiger partial charge in [0, 0.05) is 5.92 Å². The van der Waals surface area contributed by atoms with Gasteiger partial charge in [0.05, 0.1) is 20.4 Å². The van der Waals surface area contributed by atoms with Gasteiger partial charge in [-0.05, 0) is 5.92 Å². The van der Waals surface area contributed by atoms with Crippen LogP contribution in [-0.2, 0) is 0 Å². The second kappa shape index (κ2) is 4.68. The summed E-state index contributed by atoms with van der Waals surface area (Å²) in [5.41, 5.74) is 0.454. The lowest BCUT2D eigenvalue weighted by Crippen LogP contribution is -1.97. The number of nitrogens with zero attached hydrogens (tertiary/aromatic N) is 3. The Morgan fingerprint density at radius 2 is 2.14 bits per heavy atom. The maximum absolute atomic E-state index is 8.26. The van der Waals surface area contributed by atoms with Crippen molar-refractivity contribution in [1.29, 1.82) is 5.26 Å². The lowest BCUT2D eigenvalue weighted by atomic mass is 10.3. The fraction of sp³-hybridized carbons (Fsp3) is 0.222. The molecule has 0 fully saturated rings. The molecule has 0 aliphatic rings. The summed E-state index contributed by atoms with van der Waals surface area (Å²) in [5, 5.41) is 8.26. The van der Waals surface area contributed by atoms with Crippen LogP contribution < -0.4 is 9.47 Å². The number of methoxy groups -OCH3 is 2. The average Bonchev–Trinajstić information content (AvgIpc) is 2.26. The van der Waals surface area contributed by atoms with Gasteiger partial charge in [-0.25, -0.2) is 4.98 Å². The minimum atomic E-state index is 0.198. The van der Waals surface area contributed by atoms with E-state index in [-0.39, 0.29) is 6.01 Å². The summed E-state index contributed by atoms with van der Waals surface area (Å²) in [6.07, 6.45) is 1.44. The van der Waals surface area contributed by atoms with Crippen molar-refractivity contribution in [3.05, 3.63) is 11.8 Å². The van der Waals surface area contributed by atoms with Crippen molar-refractivity contribution in [3.63, 3.8) is 0 Å². The highest BCUT2D eigenvalue weighted by molar-refractivity contribution is 5.43. The Morgan fingerprint density at radius 1 is 1.36 bits per heavy atom. The van der Waals surface area contributed by atoms with Crippen LogP contribution in [0.25, 0.3) is 0 Å². The van der Waals surface area contributed by atoms with Crippen molar-refractivity contribution < 1.29 is 9.47 Å². The van der Waals surface area contributed by atoms with E-state index >= 15 is 0 Å². The monoisotopic (exact) mass is 189 g/mol. The van der Waals surface area contributed by atoms with Gasteiger partial charge in [0.1, 0.15) is 5.56 Å². The summed E-state index contributed by atoms with van der Waals surface area (Å²) in [5.74, 6) is 5.07. The molecule has 1 aromatic heterocycles. The van der Waals surface area contributed by atoms with E-state index in [1.54, 1.807) is 6.07 Å². The van der Waals surface area contributed by atoms with E-state index in [9.17, 15) is 0 Å². The molecule has 1 heterocycles. The molecule has 1 rings (SSSR count). The first kappa shape index (κ1) is 9.82. The molecule has 0 saturated carbocycles. The van der Waals surface area contributed by atoms with Gasteiger partial charge < -0.3 is 9.47 Å². The highest BCUT2D eigenvalue weighted by atomic mass is 16.5. The van der Waals surface area contributed by atoms with Crippen molar-refractivity contribution in [2.45, 2.75) is 0 Å². The zero-order valence-corrected chi connectivity index (χ0v) is 7.74. The maximum Gasteiger partial charge on any atom is 0.319 e. The quantitative estimate of drug-likeness (QED) is 0.628. The summed E-state index contributed by atoms with van der Waals surface area (Å²) >= 11 is 0. The van der Waals surface area contributed by atoms with Crippen LogP contribution in [0.5, 0.6) is 11.9 Å². The average molecular weight is 189 g/mol. The Kier molecular flexibility index (Phi) is 3.28. The minimum absolute atomic E-state index is 0.198. The molecular formula is C9H7N3O2. The number of rotatable bonds is 2. The molecule has 0 spiro atoms. The first-order valence-electron chi connectivity index (χ1n) is 3.67. The Balaban J connectivity index is 3.13. The smallest absolute Gasteiger partial charge is 0.319 e. The molecule has 0 unspecified atom stereocenters. The Bertz CT molecular complexity index is 426. The summed E-state index contributed by atoms with van der Waals surface area (Å²) in [7, 11) is 2.91. The van der Waals surface area contributed by atoms with Crippen LogP contribution in [0.3, 0.4) is 0 Å². The molecule has 0 aliphatic carbocycles. The summed E-state index contributed by atoms with van der Waals surface area (Å²) < 4.78 is 9.74. The molecule has 0 saturated heterocycles. The van der Waals surface area contributed by atoms with E-state index in [4.69, 9.17) is 14.7 Å². The lowest BCUT2D eigenvalue weighted by Gasteiger charge is -2.02.